The Morgan fingerprint density at radius 3 is 2.30 bits per heavy atom. The molecule has 1 saturated carbocycles. The van der Waals surface area contributed by atoms with E-state index >= 15 is 0 Å². The van der Waals surface area contributed by atoms with E-state index in [2.05, 4.69) is 24.1 Å². The first-order chi connectivity index (χ1) is 13.3. The molecule has 27 heavy (non-hydrogen) atoms. The average molecular weight is 379 g/mol. The van der Waals surface area contributed by atoms with Crippen LogP contribution in [0.4, 0.5) is 0 Å². The Labute approximate surface area is 171 Å². The SMILES string of the molecule is CCCCCCC(CCC)CC1CCN(CNCCC2CCCCC2)CC1. The molecule has 2 fully saturated rings. The molecule has 1 heterocycles. The minimum Gasteiger partial charge on any atom is -0.304 e. The number of nitrogens with zero attached hydrogens (tertiary/aromatic N) is 1. The summed E-state index contributed by atoms with van der Waals surface area (Å²) >= 11 is 0. The van der Waals surface area contributed by atoms with Gasteiger partial charge in [-0.1, -0.05) is 90.9 Å². The Kier molecular flexibility index (Phi) is 12.8. The lowest BCUT2D eigenvalue weighted by molar-refractivity contribution is 0.152. The Hall–Kier alpha value is -0.0800. The van der Waals surface area contributed by atoms with Gasteiger partial charge in [0.25, 0.3) is 0 Å². The molecule has 1 aliphatic carbocycles. The highest BCUT2D eigenvalue weighted by Crippen LogP contribution is 2.29. The van der Waals surface area contributed by atoms with Gasteiger partial charge in [0.15, 0.2) is 0 Å². The lowest BCUT2D eigenvalue weighted by atomic mass is 9.83. The smallest absolute Gasteiger partial charge is 0.0480 e. The molecule has 2 rings (SSSR count). The number of unbranched alkanes of at least 4 members (excludes halogenated alkanes) is 3. The van der Waals surface area contributed by atoms with Crippen molar-refractivity contribution in [3.8, 4) is 0 Å². The summed E-state index contributed by atoms with van der Waals surface area (Å²) in [7, 11) is 0. The highest BCUT2D eigenvalue weighted by molar-refractivity contribution is 4.75. The summed E-state index contributed by atoms with van der Waals surface area (Å²) in [6, 6.07) is 0. The van der Waals surface area contributed by atoms with E-state index in [0.29, 0.717) is 0 Å². The summed E-state index contributed by atoms with van der Waals surface area (Å²) in [5.41, 5.74) is 0. The monoisotopic (exact) mass is 378 g/mol. The van der Waals surface area contributed by atoms with Gasteiger partial charge >= 0.3 is 0 Å². The molecule has 1 atom stereocenters. The summed E-state index contributed by atoms with van der Waals surface area (Å²) < 4.78 is 0. The van der Waals surface area contributed by atoms with Crippen LogP contribution in [0.5, 0.6) is 0 Å². The minimum atomic E-state index is 1.01. The standard InChI is InChI=1S/C25H50N2/c1-3-5-6-8-14-24(11-4-2)21-25-16-19-27(20-17-25)22-26-18-15-23-12-9-7-10-13-23/h23-26H,3-22H2,1-2H3. The average Bonchev–Trinajstić information content (AvgIpc) is 2.71. The second kappa shape index (κ2) is 14.9. The molecular formula is C25H50N2. The summed E-state index contributed by atoms with van der Waals surface area (Å²) in [6.45, 7) is 9.73. The first-order valence-corrected chi connectivity index (χ1v) is 12.7. The van der Waals surface area contributed by atoms with Crippen molar-refractivity contribution in [2.45, 2.75) is 117 Å². The van der Waals surface area contributed by atoms with Crippen molar-refractivity contribution in [3.05, 3.63) is 0 Å². The molecule has 0 bridgehead atoms. The predicted octanol–water partition coefficient (Wildman–Crippen LogP) is 6.99. The largest absolute Gasteiger partial charge is 0.304 e. The van der Waals surface area contributed by atoms with Crippen LogP contribution in [0.25, 0.3) is 0 Å². The van der Waals surface area contributed by atoms with E-state index < -0.39 is 0 Å². The van der Waals surface area contributed by atoms with Crippen molar-refractivity contribution in [1.29, 1.82) is 0 Å². The van der Waals surface area contributed by atoms with Crippen LogP contribution in [0, 0.1) is 17.8 Å². The van der Waals surface area contributed by atoms with Gasteiger partial charge in [-0.3, -0.25) is 4.90 Å². The molecule has 2 nitrogen and oxygen atoms in total. The van der Waals surface area contributed by atoms with Gasteiger partial charge in [0.05, 0.1) is 0 Å². The number of rotatable bonds is 14. The van der Waals surface area contributed by atoms with Crippen molar-refractivity contribution >= 4 is 0 Å². The first-order valence-electron chi connectivity index (χ1n) is 12.7. The molecule has 0 aromatic rings. The highest BCUT2D eigenvalue weighted by Gasteiger charge is 2.22. The van der Waals surface area contributed by atoms with Crippen LogP contribution in [0.1, 0.15) is 117 Å². The first kappa shape index (κ1) is 23.2. The number of hydrogen-bond acceptors (Lipinski definition) is 2. The molecule has 0 radical (unpaired) electrons. The van der Waals surface area contributed by atoms with Gasteiger partial charge in [0.1, 0.15) is 0 Å². The zero-order chi connectivity index (χ0) is 19.2. The van der Waals surface area contributed by atoms with E-state index in [0.717, 1.165) is 24.4 Å². The second-order valence-electron chi connectivity index (χ2n) is 9.75. The Bertz CT molecular complexity index is 329. The predicted molar refractivity (Wildman–Crippen MR) is 120 cm³/mol. The number of hydrogen-bond donors (Lipinski definition) is 1. The van der Waals surface area contributed by atoms with Gasteiger partial charge in [0.2, 0.25) is 0 Å². The molecule has 0 spiro atoms. The summed E-state index contributed by atoms with van der Waals surface area (Å²) in [5.74, 6) is 3.04. The van der Waals surface area contributed by atoms with E-state index in [1.54, 1.807) is 0 Å². The van der Waals surface area contributed by atoms with Crippen molar-refractivity contribution in [2.24, 2.45) is 17.8 Å². The molecule has 1 N–H and O–H groups in total. The van der Waals surface area contributed by atoms with Gasteiger partial charge in [-0.25, -0.2) is 0 Å². The summed E-state index contributed by atoms with van der Waals surface area (Å²) in [4.78, 5) is 2.67. The lowest BCUT2D eigenvalue weighted by Crippen LogP contribution is -2.40. The van der Waals surface area contributed by atoms with E-state index in [4.69, 9.17) is 0 Å². The maximum atomic E-state index is 3.74. The van der Waals surface area contributed by atoms with E-state index in [-0.39, 0.29) is 0 Å². The highest BCUT2D eigenvalue weighted by atomic mass is 15.2. The Balaban J connectivity index is 1.52. The van der Waals surface area contributed by atoms with Crippen LogP contribution in [-0.2, 0) is 0 Å². The fourth-order valence-corrected chi connectivity index (χ4v) is 5.52. The molecule has 160 valence electrons. The van der Waals surface area contributed by atoms with Crippen LogP contribution in [0.2, 0.25) is 0 Å². The van der Waals surface area contributed by atoms with E-state index in [1.807, 2.05) is 0 Å². The van der Waals surface area contributed by atoms with Gasteiger partial charge in [-0.2, -0.15) is 0 Å². The molecule has 1 saturated heterocycles. The summed E-state index contributed by atoms with van der Waals surface area (Å²) in [5, 5.41) is 3.74. The van der Waals surface area contributed by atoms with Crippen molar-refractivity contribution in [1.82, 2.24) is 10.2 Å². The van der Waals surface area contributed by atoms with Gasteiger partial charge in [0, 0.05) is 6.67 Å². The van der Waals surface area contributed by atoms with Gasteiger partial charge in [-0.15, -0.1) is 0 Å². The molecule has 0 amide bonds. The van der Waals surface area contributed by atoms with Crippen LogP contribution < -0.4 is 5.32 Å². The Morgan fingerprint density at radius 1 is 0.815 bits per heavy atom. The van der Waals surface area contributed by atoms with Crippen LogP contribution >= 0.6 is 0 Å². The van der Waals surface area contributed by atoms with E-state index in [9.17, 15) is 0 Å². The zero-order valence-electron chi connectivity index (χ0n) is 18.8. The van der Waals surface area contributed by atoms with Crippen molar-refractivity contribution in [3.63, 3.8) is 0 Å². The summed E-state index contributed by atoms with van der Waals surface area (Å²) in [6.07, 6.45) is 23.3. The third kappa shape index (κ3) is 10.3. The topological polar surface area (TPSA) is 15.3 Å². The fraction of sp³-hybridized carbons (Fsp3) is 1.00. The van der Waals surface area contributed by atoms with Crippen LogP contribution in [0.15, 0.2) is 0 Å². The van der Waals surface area contributed by atoms with Crippen molar-refractivity contribution < 1.29 is 0 Å². The molecule has 2 aliphatic rings. The Morgan fingerprint density at radius 2 is 1.59 bits per heavy atom. The molecule has 2 heteroatoms. The number of nitrogens with one attached hydrogen (secondary N) is 1. The van der Waals surface area contributed by atoms with Gasteiger partial charge in [-0.05, 0) is 63.1 Å². The lowest BCUT2D eigenvalue weighted by Gasteiger charge is -2.34. The second-order valence-corrected chi connectivity index (χ2v) is 9.75. The number of piperidine rings is 1. The van der Waals surface area contributed by atoms with Crippen molar-refractivity contribution in [2.75, 3.05) is 26.3 Å². The normalized spacial score (nSPS) is 21.6. The fourth-order valence-electron chi connectivity index (χ4n) is 5.52. The third-order valence-electron chi connectivity index (χ3n) is 7.33. The third-order valence-corrected chi connectivity index (χ3v) is 7.33. The quantitative estimate of drug-likeness (QED) is 0.328. The van der Waals surface area contributed by atoms with Crippen LogP contribution in [-0.4, -0.2) is 31.2 Å². The maximum Gasteiger partial charge on any atom is 0.0480 e. The molecule has 1 aliphatic heterocycles. The van der Waals surface area contributed by atoms with E-state index in [1.165, 1.54) is 122 Å². The molecular weight excluding hydrogens is 328 g/mol. The molecule has 1 unspecified atom stereocenters. The molecule has 0 aromatic carbocycles. The number of likely N-dealkylation sites (tertiary alicyclic amines) is 1. The zero-order valence-corrected chi connectivity index (χ0v) is 18.8. The maximum absolute atomic E-state index is 3.74. The van der Waals surface area contributed by atoms with Gasteiger partial charge < -0.3 is 5.32 Å². The van der Waals surface area contributed by atoms with Crippen LogP contribution in [0.3, 0.4) is 0 Å². The molecule has 0 aromatic heterocycles. The minimum absolute atomic E-state index is 1.01.